The molecule has 0 aliphatic carbocycles. The van der Waals surface area contributed by atoms with E-state index in [0.29, 0.717) is 6.42 Å². The predicted molar refractivity (Wildman–Crippen MR) is 97.1 cm³/mol. The fraction of sp³-hybridized carbons (Fsp3) is 0.632. The molecule has 1 fully saturated rings. The van der Waals surface area contributed by atoms with Crippen molar-refractivity contribution in [2.45, 2.75) is 77.2 Å². The van der Waals surface area contributed by atoms with E-state index < -0.39 is 14.6 Å². The van der Waals surface area contributed by atoms with E-state index >= 15 is 0 Å². The van der Waals surface area contributed by atoms with E-state index in [-0.39, 0.29) is 18.2 Å². The minimum absolute atomic E-state index is 0.0832. The van der Waals surface area contributed by atoms with Crippen LogP contribution in [0.1, 0.15) is 52.2 Å². The molecule has 1 aromatic rings. The Morgan fingerprint density at radius 2 is 1.75 bits per heavy atom. The Balaban J connectivity index is 2.16. The van der Waals surface area contributed by atoms with Crippen LogP contribution < -0.4 is 0 Å². The Morgan fingerprint density at radius 3 is 2.29 bits per heavy atom. The van der Waals surface area contributed by atoms with Gasteiger partial charge in [0.05, 0.1) is 12.2 Å². The molecule has 1 aliphatic rings. The Hall–Kier alpha value is -1.17. The highest BCUT2D eigenvalue weighted by Gasteiger charge is 2.38. The third-order valence-electron chi connectivity index (χ3n) is 5.07. The molecule has 0 saturated carbocycles. The summed E-state index contributed by atoms with van der Waals surface area (Å²) in [6.45, 7) is 8.12. The Labute approximate surface area is 146 Å². The van der Waals surface area contributed by atoms with Gasteiger partial charge in [0, 0.05) is 19.8 Å². The minimum Gasteiger partial charge on any atom is -0.436 e. The van der Waals surface area contributed by atoms with Gasteiger partial charge in [-0.2, -0.15) is 0 Å². The number of rotatable bonds is 7. The molecule has 1 unspecified atom stereocenters. The molecule has 0 spiro atoms. The minimum atomic E-state index is -1.70. The molecule has 134 valence electrons. The molecule has 1 heterocycles. The molecule has 5 heteroatoms. The molecule has 4 nitrogen and oxygen atoms in total. The molecule has 0 radical (unpaired) electrons. The zero-order valence-corrected chi connectivity index (χ0v) is 16.3. The third kappa shape index (κ3) is 4.91. The van der Waals surface area contributed by atoms with Gasteiger partial charge in [-0.3, -0.25) is 4.79 Å². The Bertz CT molecular complexity index is 507. The van der Waals surface area contributed by atoms with Crippen LogP contribution in [0.5, 0.6) is 0 Å². The van der Waals surface area contributed by atoms with Crippen molar-refractivity contribution in [1.29, 1.82) is 0 Å². The van der Waals surface area contributed by atoms with Gasteiger partial charge in [0.25, 0.3) is 0 Å². The average Bonchev–Trinajstić information content (AvgIpc) is 2.60. The van der Waals surface area contributed by atoms with Crippen molar-refractivity contribution in [1.82, 2.24) is 0 Å². The second kappa shape index (κ2) is 8.79. The molecular weight excluding hydrogens is 320 g/mol. The van der Waals surface area contributed by atoms with Gasteiger partial charge < -0.3 is 13.9 Å². The first kappa shape index (κ1) is 19.2. The molecule has 2 rings (SSSR count). The highest BCUT2D eigenvalue weighted by molar-refractivity contribution is 6.73. The number of hydrogen-bond acceptors (Lipinski definition) is 4. The van der Waals surface area contributed by atoms with Crippen molar-refractivity contribution in [2.24, 2.45) is 0 Å². The van der Waals surface area contributed by atoms with Crippen LogP contribution in [0.25, 0.3) is 0 Å². The van der Waals surface area contributed by atoms with Crippen LogP contribution in [0.2, 0.25) is 18.1 Å². The van der Waals surface area contributed by atoms with Crippen molar-refractivity contribution >= 4 is 14.3 Å². The molecule has 1 saturated heterocycles. The summed E-state index contributed by atoms with van der Waals surface area (Å²) in [5.74, 6) is -0.308. The number of esters is 1. The standard InChI is InChI=1S/C19H30O4Si/c1-5-24(6-2,7-3)23-17-13-18(16-11-9-8-10-12-16)22-19(14-17)21-15(4)20/h8-12,17-19H,5-7,13-14H2,1-4H3/t17-,18+,19?/m1/s1. The summed E-state index contributed by atoms with van der Waals surface area (Å²) in [6.07, 6.45) is 0.906. The second-order valence-electron chi connectivity index (χ2n) is 6.53. The van der Waals surface area contributed by atoms with Gasteiger partial charge in [0.1, 0.15) is 0 Å². The van der Waals surface area contributed by atoms with Crippen LogP contribution >= 0.6 is 0 Å². The fourth-order valence-corrected chi connectivity index (χ4v) is 6.34. The van der Waals surface area contributed by atoms with E-state index in [1.165, 1.54) is 6.92 Å². The van der Waals surface area contributed by atoms with Crippen LogP contribution in [-0.2, 0) is 18.7 Å². The maximum absolute atomic E-state index is 11.4. The van der Waals surface area contributed by atoms with Crippen molar-refractivity contribution in [3.8, 4) is 0 Å². The SMILES string of the molecule is CC[Si](CC)(CC)O[C@H]1CC(OC(C)=O)O[C@H](c2ccccc2)C1. The maximum atomic E-state index is 11.4. The van der Waals surface area contributed by atoms with E-state index in [9.17, 15) is 4.79 Å². The Kier molecular flexibility index (Phi) is 7.01. The van der Waals surface area contributed by atoms with Crippen LogP contribution in [0.15, 0.2) is 30.3 Å². The van der Waals surface area contributed by atoms with Gasteiger partial charge in [-0.25, -0.2) is 0 Å². The number of hydrogen-bond donors (Lipinski definition) is 0. The third-order valence-corrected chi connectivity index (χ3v) is 9.77. The predicted octanol–water partition coefficient (Wildman–Crippen LogP) is 4.82. The summed E-state index contributed by atoms with van der Waals surface area (Å²) in [5.41, 5.74) is 1.11. The summed E-state index contributed by atoms with van der Waals surface area (Å²) in [7, 11) is -1.70. The van der Waals surface area contributed by atoms with E-state index in [1.807, 2.05) is 18.2 Å². The summed E-state index contributed by atoms with van der Waals surface area (Å²) >= 11 is 0. The van der Waals surface area contributed by atoms with Crippen molar-refractivity contribution in [3.63, 3.8) is 0 Å². The maximum Gasteiger partial charge on any atom is 0.304 e. The quantitative estimate of drug-likeness (QED) is 0.522. The first-order chi connectivity index (χ1) is 11.5. The lowest BCUT2D eigenvalue weighted by Gasteiger charge is -2.40. The normalized spacial score (nSPS) is 24.6. The van der Waals surface area contributed by atoms with Gasteiger partial charge in [-0.1, -0.05) is 51.1 Å². The largest absolute Gasteiger partial charge is 0.436 e. The van der Waals surface area contributed by atoms with Crippen molar-refractivity contribution in [2.75, 3.05) is 0 Å². The van der Waals surface area contributed by atoms with Gasteiger partial charge in [0.15, 0.2) is 8.32 Å². The van der Waals surface area contributed by atoms with Crippen molar-refractivity contribution in [3.05, 3.63) is 35.9 Å². The number of carbonyl (C=O) groups excluding carboxylic acids is 1. The highest BCUT2D eigenvalue weighted by atomic mass is 28.4. The summed E-state index contributed by atoms with van der Waals surface area (Å²) < 4.78 is 18.0. The smallest absolute Gasteiger partial charge is 0.304 e. The first-order valence-electron chi connectivity index (χ1n) is 9.07. The molecule has 1 aromatic carbocycles. The second-order valence-corrected chi connectivity index (χ2v) is 11.3. The molecule has 3 atom stereocenters. The molecule has 0 bridgehead atoms. The van der Waals surface area contributed by atoms with Crippen LogP contribution in [0.3, 0.4) is 0 Å². The average molecular weight is 351 g/mol. The molecular formula is C19H30O4Si. The number of benzene rings is 1. The monoisotopic (exact) mass is 350 g/mol. The molecule has 0 N–H and O–H groups in total. The fourth-order valence-electron chi connectivity index (χ4n) is 3.44. The first-order valence-corrected chi connectivity index (χ1v) is 11.6. The summed E-state index contributed by atoms with van der Waals surface area (Å²) in [5, 5.41) is 0. The van der Waals surface area contributed by atoms with Gasteiger partial charge in [0.2, 0.25) is 6.29 Å². The number of ether oxygens (including phenoxy) is 2. The molecule has 24 heavy (non-hydrogen) atoms. The Morgan fingerprint density at radius 1 is 1.12 bits per heavy atom. The zero-order valence-electron chi connectivity index (χ0n) is 15.3. The highest BCUT2D eigenvalue weighted by Crippen LogP contribution is 2.36. The van der Waals surface area contributed by atoms with Gasteiger partial charge >= 0.3 is 5.97 Å². The summed E-state index contributed by atoms with van der Waals surface area (Å²) in [4.78, 5) is 11.4. The lowest BCUT2D eigenvalue weighted by molar-refractivity contribution is -0.215. The van der Waals surface area contributed by atoms with Crippen LogP contribution in [0, 0.1) is 0 Å². The topological polar surface area (TPSA) is 44.8 Å². The zero-order chi connectivity index (χ0) is 17.6. The van der Waals surface area contributed by atoms with Crippen molar-refractivity contribution < 1.29 is 18.7 Å². The van der Waals surface area contributed by atoms with Crippen LogP contribution in [0.4, 0.5) is 0 Å². The lowest BCUT2D eigenvalue weighted by Crippen LogP contribution is -2.44. The molecule has 1 aliphatic heterocycles. The van der Waals surface area contributed by atoms with Gasteiger partial charge in [-0.15, -0.1) is 0 Å². The van der Waals surface area contributed by atoms with Crippen LogP contribution in [-0.4, -0.2) is 26.7 Å². The summed E-state index contributed by atoms with van der Waals surface area (Å²) in [6, 6.07) is 13.5. The number of carbonyl (C=O) groups is 1. The lowest BCUT2D eigenvalue weighted by atomic mass is 9.99. The van der Waals surface area contributed by atoms with E-state index in [1.54, 1.807) is 0 Å². The molecule has 0 aromatic heterocycles. The van der Waals surface area contributed by atoms with E-state index in [0.717, 1.165) is 30.1 Å². The van der Waals surface area contributed by atoms with E-state index in [2.05, 4.69) is 32.9 Å². The van der Waals surface area contributed by atoms with Gasteiger partial charge in [-0.05, 0) is 23.7 Å². The van der Waals surface area contributed by atoms with E-state index in [4.69, 9.17) is 13.9 Å². The molecule has 0 amide bonds.